The van der Waals surface area contributed by atoms with E-state index in [9.17, 15) is 9.59 Å². The minimum atomic E-state index is -0.293. The van der Waals surface area contributed by atoms with Crippen molar-refractivity contribution >= 4 is 35.6 Å². The maximum Gasteiger partial charge on any atom is 0.245 e. The van der Waals surface area contributed by atoms with E-state index in [0.29, 0.717) is 18.9 Å². The number of anilines is 2. The summed E-state index contributed by atoms with van der Waals surface area (Å²) in [6.45, 7) is 6.61. The molecule has 0 saturated carbocycles. The predicted octanol–water partition coefficient (Wildman–Crippen LogP) is 2.87. The summed E-state index contributed by atoms with van der Waals surface area (Å²) in [5, 5.41) is 8.88. The van der Waals surface area contributed by atoms with E-state index in [1.807, 2.05) is 51.1 Å². The van der Waals surface area contributed by atoms with Crippen molar-refractivity contribution in [3.63, 3.8) is 0 Å². The second-order valence-corrected chi connectivity index (χ2v) is 5.93. The summed E-state index contributed by atoms with van der Waals surface area (Å²) in [7, 11) is 0. The molecule has 6 heteroatoms. The molecule has 1 aromatic carbocycles. The van der Waals surface area contributed by atoms with Crippen LogP contribution in [0.25, 0.3) is 0 Å². The molecule has 2 rings (SSSR count). The molecule has 1 heterocycles. The zero-order chi connectivity index (χ0) is 16.1. The third kappa shape index (κ3) is 5.37. The van der Waals surface area contributed by atoms with Crippen LogP contribution in [0.1, 0.15) is 25.8 Å². The van der Waals surface area contributed by atoms with Gasteiger partial charge in [-0.3, -0.25) is 14.9 Å². The lowest BCUT2D eigenvalue weighted by molar-refractivity contribution is -0.117. The molecule has 0 aliphatic carbocycles. The van der Waals surface area contributed by atoms with Crippen molar-refractivity contribution in [3.05, 3.63) is 35.9 Å². The van der Waals surface area contributed by atoms with Gasteiger partial charge in [-0.2, -0.15) is 0 Å². The van der Waals surface area contributed by atoms with Crippen LogP contribution >= 0.6 is 12.4 Å². The van der Waals surface area contributed by atoms with Gasteiger partial charge in [0.25, 0.3) is 0 Å². The Labute approximate surface area is 143 Å². The quantitative estimate of drug-likeness (QED) is 0.723. The average molecular weight is 338 g/mol. The Bertz CT molecular complexity index is 600. The number of rotatable bonds is 5. The first-order chi connectivity index (χ1) is 10.5. The first-order valence-corrected chi connectivity index (χ1v) is 7.57. The molecule has 2 amide bonds. The van der Waals surface area contributed by atoms with Crippen molar-refractivity contribution in [2.45, 2.75) is 33.2 Å². The minimum absolute atomic E-state index is 0. The fraction of sp³-hybridized carbons (Fsp3) is 0.412. The topological polar surface area (TPSA) is 70.2 Å². The highest BCUT2D eigenvalue weighted by Crippen LogP contribution is 2.24. The van der Waals surface area contributed by atoms with E-state index in [0.717, 1.165) is 16.9 Å². The highest BCUT2D eigenvalue weighted by atomic mass is 35.5. The molecule has 0 radical (unpaired) electrons. The summed E-state index contributed by atoms with van der Waals surface area (Å²) in [5.41, 5.74) is 2.31. The number of carbonyl (C=O) groups is 2. The van der Waals surface area contributed by atoms with Gasteiger partial charge >= 0.3 is 0 Å². The van der Waals surface area contributed by atoms with Gasteiger partial charge in [0, 0.05) is 24.3 Å². The van der Waals surface area contributed by atoms with Crippen LogP contribution < -0.4 is 16.0 Å². The van der Waals surface area contributed by atoms with Crippen molar-refractivity contribution in [1.82, 2.24) is 5.32 Å². The van der Waals surface area contributed by atoms with Crippen LogP contribution in [-0.4, -0.2) is 24.4 Å². The highest BCUT2D eigenvalue weighted by Gasteiger charge is 2.18. The minimum Gasteiger partial charge on any atom is -0.326 e. The molecule has 0 aromatic heterocycles. The second-order valence-electron chi connectivity index (χ2n) is 5.93. The molecule has 0 fully saturated rings. The summed E-state index contributed by atoms with van der Waals surface area (Å²) in [6.07, 6.45) is 4.26. The van der Waals surface area contributed by atoms with Crippen LogP contribution in [0.5, 0.6) is 0 Å². The number of nitrogens with one attached hydrogen (secondary N) is 3. The molecule has 3 N–H and O–H groups in total. The number of carbonyl (C=O) groups excluding carboxylic acids is 2. The van der Waals surface area contributed by atoms with E-state index in [1.54, 1.807) is 0 Å². The lowest BCUT2D eigenvalue weighted by atomic mass is 10.1. The Morgan fingerprint density at radius 3 is 2.48 bits per heavy atom. The van der Waals surface area contributed by atoms with Crippen molar-refractivity contribution in [3.8, 4) is 0 Å². The summed E-state index contributed by atoms with van der Waals surface area (Å²) < 4.78 is 0. The van der Waals surface area contributed by atoms with E-state index < -0.39 is 0 Å². The van der Waals surface area contributed by atoms with E-state index in [1.165, 1.54) is 0 Å². The molecule has 0 bridgehead atoms. The van der Waals surface area contributed by atoms with Gasteiger partial charge < -0.3 is 10.6 Å². The van der Waals surface area contributed by atoms with Gasteiger partial charge in [-0.1, -0.05) is 32.1 Å². The summed E-state index contributed by atoms with van der Waals surface area (Å²) in [5.74, 6) is 0.202. The van der Waals surface area contributed by atoms with Gasteiger partial charge in [0.1, 0.15) is 6.04 Å². The van der Waals surface area contributed by atoms with Gasteiger partial charge in [-0.05, 0) is 30.5 Å². The molecule has 1 atom stereocenters. The standard InChI is InChI=1S/C17H23N3O2.ClH/c1-11(2)10-16(21)19-13-6-4-7-14(12(13)3)20-17(22)15-8-5-9-18-15;/h4-8,11,15,18H,9-10H2,1-3H3,(H,19,21)(H,20,22);1H. The van der Waals surface area contributed by atoms with Gasteiger partial charge in [-0.25, -0.2) is 0 Å². The molecular formula is C17H24ClN3O2. The zero-order valence-corrected chi connectivity index (χ0v) is 14.5. The van der Waals surface area contributed by atoms with Crippen LogP contribution in [0.3, 0.4) is 0 Å². The number of hydrogen-bond donors (Lipinski definition) is 3. The Hall–Kier alpha value is -1.85. The van der Waals surface area contributed by atoms with Gasteiger partial charge in [0.15, 0.2) is 0 Å². The number of benzene rings is 1. The van der Waals surface area contributed by atoms with Crippen LogP contribution in [0, 0.1) is 12.8 Å². The summed E-state index contributed by atoms with van der Waals surface area (Å²) in [6, 6.07) is 5.21. The first kappa shape index (κ1) is 19.2. The zero-order valence-electron chi connectivity index (χ0n) is 13.7. The van der Waals surface area contributed by atoms with Crippen LogP contribution in [0.2, 0.25) is 0 Å². The molecular weight excluding hydrogens is 314 g/mol. The normalized spacial score (nSPS) is 16.1. The van der Waals surface area contributed by atoms with Crippen LogP contribution in [0.4, 0.5) is 11.4 Å². The molecule has 0 spiro atoms. The number of hydrogen-bond acceptors (Lipinski definition) is 3. The maximum atomic E-state index is 12.1. The van der Waals surface area contributed by atoms with Crippen LogP contribution in [0.15, 0.2) is 30.4 Å². The number of halogens is 1. The summed E-state index contributed by atoms with van der Waals surface area (Å²) in [4.78, 5) is 24.0. The van der Waals surface area contributed by atoms with E-state index in [-0.39, 0.29) is 30.3 Å². The largest absolute Gasteiger partial charge is 0.326 e. The molecule has 23 heavy (non-hydrogen) atoms. The van der Waals surface area contributed by atoms with Crippen molar-refractivity contribution < 1.29 is 9.59 Å². The second kappa shape index (κ2) is 8.70. The summed E-state index contributed by atoms with van der Waals surface area (Å²) >= 11 is 0. The lowest BCUT2D eigenvalue weighted by Crippen LogP contribution is -2.35. The molecule has 1 aromatic rings. The van der Waals surface area contributed by atoms with Gasteiger partial charge in [-0.15, -0.1) is 12.4 Å². The smallest absolute Gasteiger partial charge is 0.245 e. The van der Waals surface area contributed by atoms with E-state index in [2.05, 4.69) is 16.0 Å². The van der Waals surface area contributed by atoms with Crippen LogP contribution in [-0.2, 0) is 9.59 Å². The number of amides is 2. The lowest BCUT2D eigenvalue weighted by Gasteiger charge is -2.15. The Kier molecular flexibility index (Phi) is 7.26. The monoisotopic (exact) mass is 337 g/mol. The first-order valence-electron chi connectivity index (χ1n) is 7.57. The Morgan fingerprint density at radius 1 is 1.26 bits per heavy atom. The average Bonchev–Trinajstić information content (AvgIpc) is 2.96. The fourth-order valence-corrected chi connectivity index (χ4v) is 2.34. The SMILES string of the molecule is Cc1c(NC(=O)CC(C)C)cccc1NC(=O)C1C=CCN1.Cl. The molecule has 1 aliphatic heterocycles. The third-order valence-corrected chi connectivity index (χ3v) is 3.53. The molecule has 1 unspecified atom stereocenters. The van der Waals surface area contributed by atoms with E-state index in [4.69, 9.17) is 0 Å². The molecule has 5 nitrogen and oxygen atoms in total. The van der Waals surface area contributed by atoms with Gasteiger partial charge in [0.05, 0.1) is 0 Å². The Balaban J connectivity index is 0.00000264. The predicted molar refractivity (Wildman–Crippen MR) is 96.1 cm³/mol. The molecule has 126 valence electrons. The molecule has 0 saturated heterocycles. The van der Waals surface area contributed by atoms with Gasteiger partial charge in [0.2, 0.25) is 11.8 Å². The molecule has 1 aliphatic rings. The fourth-order valence-electron chi connectivity index (χ4n) is 2.34. The maximum absolute atomic E-state index is 12.1. The Morgan fingerprint density at radius 2 is 1.91 bits per heavy atom. The van der Waals surface area contributed by atoms with Crippen molar-refractivity contribution in [2.75, 3.05) is 17.2 Å². The van der Waals surface area contributed by atoms with Crippen molar-refractivity contribution in [1.29, 1.82) is 0 Å². The van der Waals surface area contributed by atoms with Crippen molar-refractivity contribution in [2.24, 2.45) is 5.92 Å². The highest BCUT2D eigenvalue weighted by molar-refractivity contribution is 5.99. The van der Waals surface area contributed by atoms with E-state index >= 15 is 0 Å². The third-order valence-electron chi connectivity index (χ3n) is 3.53.